The van der Waals surface area contributed by atoms with E-state index in [1.165, 1.54) is 0 Å². The Morgan fingerprint density at radius 3 is 2.24 bits per heavy atom. The van der Waals surface area contributed by atoms with Crippen LogP contribution in [0.15, 0.2) is 24.3 Å². The summed E-state index contributed by atoms with van der Waals surface area (Å²) in [6, 6.07) is 7.34. The Bertz CT molecular complexity index is 453. The molecule has 0 aliphatic heterocycles. The summed E-state index contributed by atoms with van der Waals surface area (Å²) in [7, 11) is 0. The Kier molecular flexibility index (Phi) is 7.46. The summed E-state index contributed by atoms with van der Waals surface area (Å²) < 4.78 is 0. The Hall–Kier alpha value is -1.88. The molecule has 5 heteroatoms. The molecule has 0 spiro atoms. The molecule has 1 aromatic carbocycles. The highest BCUT2D eigenvalue weighted by molar-refractivity contribution is 5.93. The Morgan fingerprint density at radius 2 is 1.71 bits per heavy atom. The first-order valence-electron chi connectivity index (χ1n) is 7.38. The van der Waals surface area contributed by atoms with Crippen molar-refractivity contribution in [3.8, 4) is 0 Å². The molecule has 21 heavy (non-hydrogen) atoms. The number of hydrogen-bond donors (Lipinski definition) is 2. The third-order valence-corrected chi connectivity index (χ3v) is 3.32. The Morgan fingerprint density at radius 1 is 1.10 bits per heavy atom. The molecule has 0 aliphatic rings. The summed E-state index contributed by atoms with van der Waals surface area (Å²) in [5.74, 6) is -0.154. The highest BCUT2D eigenvalue weighted by Crippen LogP contribution is 2.11. The van der Waals surface area contributed by atoms with E-state index in [4.69, 9.17) is 5.11 Å². The van der Waals surface area contributed by atoms with Gasteiger partial charge in [0.25, 0.3) is 0 Å². The third kappa shape index (κ3) is 5.95. The Labute approximate surface area is 126 Å². The van der Waals surface area contributed by atoms with Crippen LogP contribution in [0, 0.1) is 0 Å². The minimum atomic E-state index is -0.162. The van der Waals surface area contributed by atoms with E-state index in [2.05, 4.69) is 5.32 Å². The maximum Gasteiger partial charge on any atom is 0.224 e. The van der Waals surface area contributed by atoms with E-state index >= 15 is 0 Å². The van der Waals surface area contributed by atoms with Crippen molar-refractivity contribution < 1.29 is 14.7 Å². The summed E-state index contributed by atoms with van der Waals surface area (Å²) in [4.78, 5) is 25.3. The first kappa shape index (κ1) is 17.2. The standard InChI is InChI=1S/C16H24N2O3/c1-3-18(4-2)16(21)10-9-15(20)17-14-7-5-13(6-8-14)11-12-19/h5-8,19H,3-4,9-12H2,1-2H3,(H,17,20). The molecule has 0 radical (unpaired) electrons. The van der Waals surface area contributed by atoms with Crippen LogP contribution < -0.4 is 5.32 Å². The van der Waals surface area contributed by atoms with Gasteiger partial charge in [0.2, 0.25) is 11.8 Å². The second kappa shape index (κ2) is 9.13. The van der Waals surface area contributed by atoms with E-state index in [-0.39, 0.29) is 31.3 Å². The SMILES string of the molecule is CCN(CC)C(=O)CCC(=O)Nc1ccc(CCO)cc1. The van der Waals surface area contributed by atoms with Gasteiger partial charge in [-0.15, -0.1) is 0 Å². The van der Waals surface area contributed by atoms with Crippen molar-refractivity contribution in [2.45, 2.75) is 33.1 Å². The highest BCUT2D eigenvalue weighted by Gasteiger charge is 2.12. The van der Waals surface area contributed by atoms with Crippen molar-refractivity contribution in [3.63, 3.8) is 0 Å². The predicted molar refractivity (Wildman–Crippen MR) is 83.0 cm³/mol. The molecule has 1 rings (SSSR count). The minimum absolute atomic E-state index is 0.00782. The summed E-state index contributed by atoms with van der Waals surface area (Å²) in [6.45, 7) is 5.30. The summed E-state index contributed by atoms with van der Waals surface area (Å²) >= 11 is 0. The summed E-state index contributed by atoms with van der Waals surface area (Å²) in [6.07, 6.45) is 1.02. The summed E-state index contributed by atoms with van der Waals surface area (Å²) in [5.41, 5.74) is 1.73. The van der Waals surface area contributed by atoms with Gasteiger partial charge in [0, 0.05) is 38.2 Å². The quantitative estimate of drug-likeness (QED) is 0.767. The molecule has 2 amide bonds. The van der Waals surface area contributed by atoms with Gasteiger partial charge in [0.05, 0.1) is 0 Å². The molecule has 5 nitrogen and oxygen atoms in total. The average molecular weight is 292 g/mol. The maximum atomic E-state index is 11.8. The largest absolute Gasteiger partial charge is 0.396 e. The van der Waals surface area contributed by atoms with Crippen LogP contribution in [0.5, 0.6) is 0 Å². The molecule has 0 atom stereocenters. The van der Waals surface area contributed by atoms with Gasteiger partial charge in [-0.25, -0.2) is 0 Å². The van der Waals surface area contributed by atoms with E-state index in [1.807, 2.05) is 26.0 Å². The second-order valence-corrected chi connectivity index (χ2v) is 4.78. The molecule has 116 valence electrons. The molecule has 0 unspecified atom stereocenters. The first-order chi connectivity index (χ1) is 10.1. The zero-order chi connectivity index (χ0) is 15.7. The predicted octanol–water partition coefficient (Wildman–Crippen LogP) is 1.81. The van der Waals surface area contributed by atoms with Gasteiger partial charge in [-0.05, 0) is 38.0 Å². The molecular formula is C16H24N2O3. The Balaban J connectivity index is 2.41. The zero-order valence-electron chi connectivity index (χ0n) is 12.8. The molecule has 1 aromatic rings. The van der Waals surface area contributed by atoms with Crippen LogP contribution in [0.4, 0.5) is 5.69 Å². The van der Waals surface area contributed by atoms with Crippen molar-refractivity contribution in [1.82, 2.24) is 4.90 Å². The van der Waals surface area contributed by atoms with E-state index in [9.17, 15) is 9.59 Å². The molecule has 2 N–H and O–H groups in total. The van der Waals surface area contributed by atoms with Crippen LogP contribution in [0.3, 0.4) is 0 Å². The lowest BCUT2D eigenvalue weighted by molar-refractivity contribution is -0.132. The fourth-order valence-corrected chi connectivity index (χ4v) is 2.06. The number of rotatable bonds is 8. The highest BCUT2D eigenvalue weighted by atomic mass is 16.3. The number of aliphatic hydroxyl groups excluding tert-OH is 1. The number of aliphatic hydroxyl groups is 1. The molecule has 0 saturated heterocycles. The van der Waals surface area contributed by atoms with Gasteiger partial charge >= 0.3 is 0 Å². The van der Waals surface area contributed by atoms with Gasteiger partial charge in [-0.3, -0.25) is 9.59 Å². The lowest BCUT2D eigenvalue weighted by Crippen LogP contribution is -2.31. The molecule has 0 aliphatic carbocycles. The van der Waals surface area contributed by atoms with Gasteiger partial charge in [0.1, 0.15) is 0 Å². The van der Waals surface area contributed by atoms with Gasteiger partial charge in [0.15, 0.2) is 0 Å². The number of hydrogen-bond acceptors (Lipinski definition) is 3. The molecule has 0 saturated carbocycles. The molecule has 0 heterocycles. The lowest BCUT2D eigenvalue weighted by Gasteiger charge is -2.18. The van der Waals surface area contributed by atoms with E-state index in [0.717, 1.165) is 5.56 Å². The number of carbonyl (C=O) groups excluding carboxylic acids is 2. The van der Waals surface area contributed by atoms with E-state index < -0.39 is 0 Å². The summed E-state index contributed by atoms with van der Waals surface area (Å²) in [5, 5.41) is 11.6. The molecular weight excluding hydrogens is 268 g/mol. The van der Waals surface area contributed by atoms with Crippen LogP contribution in [0.1, 0.15) is 32.3 Å². The monoisotopic (exact) mass is 292 g/mol. The fourth-order valence-electron chi connectivity index (χ4n) is 2.06. The van der Waals surface area contributed by atoms with Crippen LogP contribution in [-0.4, -0.2) is 41.5 Å². The smallest absolute Gasteiger partial charge is 0.224 e. The number of nitrogens with one attached hydrogen (secondary N) is 1. The maximum absolute atomic E-state index is 11.8. The third-order valence-electron chi connectivity index (χ3n) is 3.32. The number of amides is 2. The van der Waals surface area contributed by atoms with Crippen molar-refractivity contribution in [2.75, 3.05) is 25.0 Å². The minimum Gasteiger partial charge on any atom is -0.396 e. The van der Waals surface area contributed by atoms with Crippen LogP contribution in [0.2, 0.25) is 0 Å². The molecule has 0 bridgehead atoms. The number of anilines is 1. The van der Waals surface area contributed by atoms with Crippen LogP contribution in [0.25, 0.3) is 0 Å². The van der Waals surface area contributed by atoms with E-state index in [1.54, 1.807) is 17.0 Å². The van der Waals surface area contributed by atoms with Crippen LogP contribution >= 0.6 is 0 Å². The van der Waals surface area contributed by atoms with Gasteiger partial charge in [-0.1, -0.05) is 12.1 Å². The normalized spacial score (nSPS) is 10.2. The topological polar surface area (TPSA) is 69.6 Å². The van der Waals surface area contributed by atoms with Gasteiger partial charge in [-0.2, -0.15) is 0 Å². The van der Waals surface area contributed by atoms with Gasteiger partial charge < -0.3 is 15.3 Å². The number of carbonyl (C=O) groups is 2. The van der Waals surface area contributed by atoms with E-state index in [0.29, 0.717) is 25.2 Å². The second-order valence-electron chi connectivity index (χ2n) is 4.78. The lowest BCUT2D eigenvalue weighted by atomic mass is 10.1. The van der Waals surface area contributed by atoms with Crippen LogP contribution in [-0.2, 0) is 16.0 Å². The first-order valence-corrected chi connectivity index (χ1v) is 7.38. The number of nitrogens with zero attached hydrogens (tertiary/aromatic N) is 1. The fraction of sp³-hybridized carbons (Fsp3) is 0.500. The zero-order valence-corrected chi connectivity index (χ0v) is 12.8. The van der Waals surface area contributed by atoms with Crippen molar-refractivity contribution in [3.05, 3.63) is 29.8 Å². The molecule has 0 aromatic heterocycles. The van der Waals surface area contributed by atoms with Crippen molar-refractivity contribution in [2.24, 2.45) is 0 Å². The molecule has 0 fully saturated rings. The van der Waals surface area contributed by atoms with Crippen molar-refractivity contribution >= 4 is 17.5 Å². The number of benzene rings is 1. The van der Waals surface area contributed by atoms with Crippen molar-refractivity contribution in [1.29, 1.82) is 0 Å². The average Bonchev–Trinajstić information content (AvgIpc) is 2.49.